The van der Waals surface area contributed by atoms with E-state index in [9.17, 15) is 9.59 Å². The summed E-state index contributed by atoms with van der Waals surface area (Å²) in [4.78, 5) is 24.3. The Bertz CT molecular complexity index is 887. The van der Waals surface area contributed by atoms with Crippen molar-refractivity contribution in [3.8, 4) is 5.69 Å². The molecule has 6 heteroatoms. The first-order chi connectivity index (χ1) is 12.2. The van der Waals surface area contributed by atoms with Gasteiger partial charge in [0, 0.05) is 24.0 Å². The Morgan fingerprint density at radius 1 is 1.00 bits per heavy atom. The minimum Gasteiger partial charge on any atom is -0.352 e. The number of aromatic nitrogens is 2. The number of hydrogen-bond acceptors (Lipinski definition) is 3. The minimum atomic E-state index is -0.282. The molecular formula is C19H18N4O2. The Labute approximate surface area is 145 Å². The summed E-state index contributed by atoms with van der Waals surface area (Å²) in [6.45, 7) is 2.40. The molecule has 0 aliphatic carbocycles. The van der Waals surface area contributed by atoms with Crippen LogP contribution in [0.2, 0.25) is 0 Å². The average molecular weight is 334 g/mol. The second-order valence-electron chi connectivity index (χ2n) is 5.40. The molecule has 1 heterocycles. The molecule has 2 N–H and O–H groups in total. The first-order valence-corrected chi connectivity index (χ1v) is 7.97. The summed E-state index contributed by atoms with van der Waals surface area (Å²) in [6.07, 6.45) is 3.17. The Morgan fingerprint density at radius 2 is 1.80 bits per heavy atom. The molecule has 3 aromatic rings. The normalized spacial score (nSPS) is 10.3. The highest BCUT2D eigenvalue weighted by Crippen LogP contribution is 2.13. The average Bonchev–Trinajstić information content (AvgIpc) is 3.13. The van der Waals surface area contributed by atoms with Crippen LogP contribution in [-0.2, 0) is 0 Å². The van der Waals surface area contributed by atoms with E-state index in [0.717, 1.165) is 5.69 Å². The molecule has 0 bridgehead atoms. The third-order valence-corrected chi connectivity index (χ3v) is 3.59. The number of nitrogens with one attached hydrogen (secondary N) is 2. The first kappa shape index (κ1) is 16.4. The maximum absolute atomic E-state index is 12.4. The molecule has 6 nitrogen and oxygen atoms in total. The molecule has 0 aliphatic heterocycles. The number of benzene rings is 2. The van der Waals surface area contributed by atoms with Crippen molar-refractivity contribution < 1.29 is 9.59 Å². The molecule has 126 valence electrons. The van der Waals surface area contributed by atoms with E-state index in [0.29, 0.717) is 23.4 Å². The number of para-hydroxylation sites is 1. The highest BCUT2D eigenvalue weighted by Gasteiger charge is 2.11. The monoisotopic (exact) mass is 334 g/mol. The van der Waals surface area contributed by atoms with Crippen LogP contribution in [0.15, 0.2) is 67.0 Å². The molecule has 1 aromatic heterocycles. The zero-order valence-electron chi connectivity index (χ0n) is 13.8. The Hall–Kier alpha value is -3.41. The van der Waals surface area contributed by atoms with E-state index in [1.165, 1.54) is 6.20 Å². The maximum atomic E-state index is 12.4. The largest absolute Gasteiger partial charge is 0.352 e. The molecule has 2 aromatic carbocycles. The number of hydrogen-bond donors (Lipinski definition) is 2. The molecular weight excluding hydrogens is 316 g/mol. The van der Waals surface area contributed by atoms with Gasteiger partial charge in [0.15, 0.2) is 0 Å². The third-order valence-electron chi connectivity index (χ3n) is 3.59. The molecule has 0 spiro atoms. The van der Waals surface area contributed by atoms with Gasteiger partial charge < -0.3 is 10.6 Å². The lowest BCUT2D eigenvalue weighted by Gasteiger charge is -2.06. The molecule has 0 aliphatic rings. The van der Waals surface area contributed by atoms with E-state index in [1.807, 2.05) is 37.3 Å². The fraction of sp³-hybridized carbons (Fsp3) is 0.105. The second kappa shape index (κ2) is 7.44. The van der Waals surface area contributed by atoms with Crippen LogP contribution in [0, 0.1) is 0 Å². The van der Waals surface area contributed by atoms with E-state index in [2.05, 4.69) is 15.7 Å². The standard InChI is InChI=1S/C19H18N4O2/c1-2-20-18(24)14-7-6-8-16(11-14)22-19(25)15-12-21-23(13-15)17-9-4-3-5-10-17/h3-13H,2H2,1H3,(H,20,24)(H,22,25). The van der Waals surface area contributed by atoms with E-state index >= 15 is 0 Å². The van der Waals surface area contributed by atoms with Gasteiger partial charge in [-0.1, -0.05) is 24.3 Å². The predicted molar refractivity (Wildman–Crippen MR) is 96.0 cm³/mol. The van der Waals surface area contributed by atoms with Gasteiger partial charge in [-0.2, -0.15) is 5.10 Å². The lowest BCUT2D eigenvalue weighted by Crippen LogP contribution is -2.22. The molecule has 25 heavy (non-hydrogen) atoms. The molecule has 3 rings (SSSR count). The van der Waals surface area contributed by atoms with Crippen molar-refractivity contribution in [3.63, 3.8) is 0 Å². The van der Waals surface area contributed by atoms with Gasteiger partial charge in [-0.3, -0.25) is 9.59 Å². The van der Waals surface area contributed by atoms with E-state index in [-0.39, 0.29) is 11.8 Å². The van der Waals surface area contributed by atoms with Crippen LogP contribution in [0.4, 0.5) is 5.69 Å². The number of carbonyl (C=O) groups excluding carboxylic acids is 2. The quantitative estimate of drug-likeness (QED) is 0.753. The Morgan fingerprint density at radius 3 is 2.56 bits per heavy atom. The van der Waals surface area contributed by atoms with Gasteiger partial charge in [0.25, 0.3) is 11.8 Å². The summed E-state index contributed by atoms with van der Waals surface area (Å²) in [6, 6.07) is 16.4. The second-order valence-corrected chi connectivity index (χ2v) is 5.40. The van der Waals surface area contributed by atoms with Crippen LogP contribution in [0.25, 0.3) is 5.69 Å². The van der Waals surface area contributed by atoms with Gasteiger partial charge in [0.1, 0.15) is 0 Å². The molecule has 0 fully saturated rings. The molecule has 0 unspecified atom stereocenters. The number of carbonyl (C=O) groups is 2. The van der Waals surface area contributed by atoms with Gasteiger partial charge in [-0.25, -0.2) is 4.68 Å². The summed E-state index contributed by atoms with van der Waals surface area (Å²) in [5.74, 6) is -0.453. The summed E-state index contributed by atoms with van der Waals surface area (Å²) in [5.41, 5.74) is 2.37. The van der Waals surface area contributed by atoms with Crippen LogP contribution >= 0.6 is 0 Å². The molecule has 0 atom stereocenters. The van der Waals surface area contributed by atoms with Crippen molar-refractivity contribution in [2.75, 3.05) is 11.9 Å². The van der Waals surface area contributed by atoms with Crippen LogP contribution in [0.1, 0.15) is 27.6 Å². The van der Waals surface area contributed by atoms with Gasteiger partial charge in [0.05, 0.1) is 17.4 Å². The summed E-state index contributed by atoms with van der Waals surface area (Å²) < 4.78 is 1.64. The number of rotatable bonds is 5. The maximum Gasteiger partial charge on any atom is 0.258 e. The fourth-order valence-corrected chi connectivity index (χ4v) is 2.37. The fourth-order valence-electron chi connectivity index (χ4n) is 2.37. The third kappa shape index (κ3) is 3.92. The van der Waals surface area contributed by atoms with Crippen LogP contribution in [-0.4, -0.2) is 28.1 Å². The zero-order valence-corrected chi connectivity index (χ0v) is 13.8. The highest BCUT2D eigenvalue weighted by molar-refractivity contribution is 6.04. The summed E-state index contributed by atoms with van der Waals surface area (Å²) in [7, 11) is 0. The number of amides is 2. The van der Waals surface area contributed by atoms with E-state index < -0.39 is 0 Å². The summed E-state index contributed by atoms with van der Waals surface area (Å²) in [5, 5.41) is 9.73. The van der Waals surface area contributed by atoms with Crippen molar-refractivity contribution in [1.29, 1.82) is 0 Å². The zero-order chi connectivity index (χ0) is 17.6. The van der Waals surface area contributed by atoms with Crippen LogP contribution in [0.5, 0.6) is 0 Å². The van der Waals surface area contributed by atoms with Gasteiger partial charge in [-0.15, -0.1) is 0 Å². The van der Waals surface area contributed by atoms with Crippen molar-refractivity contribution >= 4 is 17.5 Å². The lowest BCUT2D eigenvalue weighted by molar-refractivity contribution is 0.0954. The molecule has 2 amide bonds. The smallest absolute Gasteiger partial charge is 0.258 e. The Balaban J connectivity index is 1.74. The predicted octanol–water partition coefficient (Wildman–Crippen LogP) is 2.87. The SMILES string of the molecule is CCNC(=O)c1cccc(NC(=O)c2cnn(-c3ccccc3)c2)c1. The number of anilines is 1. The molecule has 0 radical (unpaired) electrons. The van der Waals surface area contributed by atoms with Crippen molar-refractivity contribution in [2.24, 2.45) is 0 Å². The van der Waals surface area contributed by atoms with Crippen molar-refractivity contribution in [2.45, 2.75) is 6.92 Å². The first-order valence-electron chi connectivity index (χ1n) is 7.97. The van der Waals surface area contributed by atoms with Gasteiger partial charge in [-0.05, 0) is 37.3 Å². The van der Waals surface area contributed by atoms with Gasteiger partial charge in [0.2, 0.25) is 0 Å². The highest BCUT2D eigenvalue weighted by atomic mass is 16.2. The number of nitrogens with zero attached hydrogens (tertiary/aromatic N) is 2. The van der Waals surface area contributed by atoms with Crippen molar-refractivity contribution in [3.05, 3.63) is 78.1 Å². The summed E-state index contributed by atoms with van der Waals surface area (Å²) >= 11 is 0. The molecule has 0 saturated heterocycles. The topological polar surface area (TPSA) is 76.0 Å². The minimum absolute atomic E-state index is 0.171. The molecule has 0 saturated carbocycles. The van der Waals surface area contributed by atoms with Crippen LogP contribution < -0.4 is 10.6 Å². The Kier molecular flexibility index (Phi) is 4.89. The van der Waals surface area contributed by atoms with E-state index in [4.69, 9.17) is 0 Å². The van der Waals surface area contributed by atoms with E-state index in [1.54, 1.807) is 35.1 Å². The van der Waals surface area contributed by atoms with Crippen molar-refractivity contribution in [1.82, 2.24) is 15.1 Å². The lowest BCUT2D eigenvalue weighted by atomic mass is 10.2. The van der Waals surface area contributed by atoms with Gasteiger partial charge >= 0.3 is 0 Å². The van der Waals surface area contributed by atoms with Crippen LogP contribution in [0.3, 0.4) is 0 Å².